The van der Waals surface area contributed by atoms with Gasteiger partial charge in [-0.25, -0.2) is 0 Å². The van der Waals surface area contributed by atoms with Crippen molar-refractivity contribution in [2.75, 3.05) is 0 Å². The zero-order valence-corrected chi connectivity index (χ0v) is 13.9. The lowest BCUT2D eigenvalue weighted by molar-refractivity contribution is -0.855. The topological polar surface area (TPSA) is 108 Å². The van der Waals surface area contributed by atoms with Gasteiger partial charge in [-0.1, -0.05) is 9.37 Å². The van der Waals surface area contributed by atoms with E-state index in [1.165, 1.54) is 9.80 Å². The number of amides is 1. The molecular formula is C14H26N5O3+. The molecule has 0 radical (unpaired) electrons. The Balaban J connectivity index is 2.08. The third-order valence-corrected chi connectivity index (χ3v) is 4.29. The minimum absolute atomic E-state index is 0.191. The number of carbonyl (C=O) groups excluding carboxylic acids is 1. The van der Waals surface area contributed by atoms with Gasteiger partial charge in [-0.05, 0) is 40.5 Å². The Labute approximate surface area is 130 Å². The van der Waals surface area contributed by atoms with Crippen molar-refractivity contribution in [3.8, 4) is 0 Å². The molecular weight excluding hydrogens is 286 g/mol. The molecule has 2 heterocycles. The summed E-state index contributed by atoms with van der Waals surface area (Å²) in [6, 6.07) is 0.191. The minimum Gasteiger partial charge on any atom is -0.362 e. The first kappa shape index (κ1) is 16.9. The number of hydroxylamine groups is 2. The van der Waals surface area contributed by atoms with Crippen LogP contribution in [0.2, 0.25) is 0 Å². The van der Waals surface area contributed by atoms with Crippen molar-refractivity contribution in [3.05, 3.63) is 11.4 Å². The largest absolute Gasteiger partial charge is 0.362 e. The van der Waals surface area contributed by atoms with Gasteiger partial charge in [0.2, 0.25) is 0 Å². The highest BCUT2D eigenvalue weighted by molar-refractivity contribution is 5.90. The number of hydrogen-bond acceptors (Lipinski definition) is 6. The van der Waals surface area contributed by atoms with Crippen LogP contribution in [0.4, 0.5) is 0 Å². The number of aromatic nitrogens is 2. The number of aryl methyl sites for hydroxylation is 1. The lowest BCUT2D eigenvalue weighted by Crippen LogP contribution is -2.62. The van der Waals surface area contributed by atoms with Gasteiger partial charge in [0.25, 0.3) is 17.3 Å². The van der Waals surface area contributed by atoms with E-state index in [4.69, 9.17) is 10.4 Å². The standard InChI is InChI=1S/C14H25N5O3/c1-13(2)6-9(7-14(3,4)19(13)21)16-8-10-11(12(15)20)18(5)22-17-10/h9,16,21H,6-8H2,1-5H3,(H-,15,20)/p+1. The average molecular weight is 312 g/mol. The number of hydrogen-bond donors (Lipinski definition) is 3. The molecule has 1 aromatic heterocycles. The molecule has 0 aromatic carbocycles. The van der Waals surface area contributed by atoms with E-state index < -0.39 is 5.91 Å². The SMILES string of the molecule is C[n+]1onc(CNC2CC(C)(C)N(O)C(C)(C)C2)c1C(N)=O. The molecule has 8 nitrogen and oxygen atoms in total. The third-order valence-electron chi connectivity index (χ3n) is 4.29. The van der Waals surface area contributed by atoms with Crippen LogP contribution in [0, 0.1) is 0 Å². The van der Waals surface area contributed by atoms with Gasteiger partial charge in [-0.15, -0.1) is 0 Å². The second-order valence-corrected chi connectivity index (χ2v) is 7.25. The first-order valence-electron chi connectivity index (χ1n) is 7.42. The van der Waals surface area contributed by atoms with Gasteiger partial charge < -0.3 is 16.3 Å². The zero-order chi connectivity index (χ0) is 16.7. The van der Waals surface area contributed by atoms with Crippen molar-refractivity contribution < 1.29 is 19.4 Å². The van der Waals surface area contributed by atoms with Crippen molar-refractivity contribution in [1.29, 1.82) is 0 Å². The number of carbonyl (C=O) groups is 1. The lowest BCUT2D eigenvalue weighted by atomic mass is 9.79. The van der Waals surface area contributed by atoms with Crippen molar-refractivity contribution in [2.24, 2.45) is 12.8 Å². The summed E-state index contributed by atoms with van der Waals surface area (Å²) >= 11 is 0. The fourth-order valence-corrected chi connectivity index (χ4v) is 3.45. The van der Waals surface area contributed by atoms with Crippen LogP contribution in [0.3, 0.4) is 0 Å². The number of nitrogens with one attached hydrogen (secondary N) is 1. The van der Waals surface area contributed by atoms with Gasteiger partial charge in [0.05, 0.1) is 6.54 Å². The second-order valence-electron chi connectivity index (χ2n) is 7.25. The van der Waals surface area contributed by atoms with E-state index in [0.29, 0.717) is 12.2 Å². The Kier molecular flexibility index (Phi) is 4.29. The summed E-state index contributed by atoms with van der Waals surface area (Å²) in [6.07, 6.45) is 1.56. The molecule has 2 rings (SSSR count). The highest BCUT2D eigenvalue weighted by atomic mass is 16.6. The molecule has 0 spiro atoms. The molecule has 0 atom stereocenters. The highest BCUT2D eigenvalue weighted by Gasteiger charge is 2.45. The maximum Gasteiger partial charge on any atom is 0.296 e. The molecule has 1 saturated heterocycles. The summed E-state index contributed by atoms with van der Waals surface area (Å²) in [6.45, 7) is 8.42. The van der Waals surface area contributed by atoms with Crippen LogP contribution in [0.25, 0.3) is 0 Å². The molecule has 8 heteroatoms. The van der Waals surface area contributed by atoms with Crippen LogP contribution in [0.15, 0.2) is 4.63 Å². The normalized spacial score (nSPS) is 21.9. The highest BCUT2D eigenvalue weighted by Crippen LogP contribution is 2.36. The van der Waals surface area contributed by atoms with Crippen LogP contribution in [0.1, 0.15) is 56.7 Å². The molecule has 1 fully saturated rings. The van der Waals surface area contributed by atoms with E-state index in [2.05, 4.69) is 10.5 Å². The van der Waals surface area contributed by atoms with Gasteiger partial charge in [-0.2, -0.15) is 5.06 Å². The first-order valence-corrected chi connectivity index (χ1v) is 7.42. The predicted molar refractivity (Wildman–Crippen MR) is 77.8 cm³/mol. The number of nitrogens with two attached hydrogens (primary N) is 1. The van der Waals surface area contributed by atoms with E-state index >= 15 is 0 Å². The minimum atomic E-state index is -0.564. The maximum absolute atomic E-state index is 11.4. The number of nitrogens with zero attached hydrogens (tertiary/aromatic N) is 3. The van der Waals surface area contributed by atoms with Gasteiger partial charge in [0.15, 0.2) is 5.16 Å². The molecule has 22 heavy (non-hydrogen) atoms. The van der Waals surface area contributed by atoms with Gasteiger partial charge in [-0.3, -0.25) is 4.79 Å². The molecule has 0 bridgehead atoms. The molecule has 0 saturated carbocycles. The zero-order valence-electron chi connectivity index (χ0n) is 13.9. The summed E-state index contributed by atoms with van der Waals surface area (Å²) in [5.74, 6) is -0.564. The van der Waals surface area contributed by atoms with Crippen molar-refractivity contribution in [3.63, 3.8) is 0 Å². The summed E-state index contributed by atoms with van der Waals surface area (Å²) in [5, 5.41) is 19.0. The Hall–Kier alpha value is -1.51. The maximum atomic E-state index is 11.4. The summed E-state index contributed by atoms with van der Waals surface area (Å²) < 4.78 is 6.24. The van der Waals surface area contributed by atoms with Crippen molar-refractivity contribution in [1.82, 2.24) is 15.5 Å². The summed E-state index contributed by atoms with van der Waals surface area (Å²) in [5.41, 5.74) is 5.45. The number of primary amides is 1. The lowest BCUT2D eigenvalue weighted by Gasteiger charge is -2.51. The number of piperidine rings is 1. The smallest absolute Gasteiger partial charge is 0.296 e. The average Bonchev–Trinajstić information content (AvgIpc) is 2.74. The van der Waals surface area contributed by atoms with Crippen LogP contribution in [-0.4, -0.2) is 38.5 Å². The molecule has 1 aromatic rings. The first-order chi connectivity index (χ1) is 10.0. The monoisotopic (exact) mass is 312 g/mol. The predicted octanol–water partition coefficient (Wildman–Crippen LogP) is 0.0984. The Morgan fingerprint density at radius 1 is 1.45 bits per heavy atom. The van der Waals surface area contributed by atoms with E-state index in [9.17, 15) is 10.0 Å². The van der Waals surface area contributed by atoms with Gasteiger partial charge in [0.1, 0.15) is 7.05 Å². The Bertz CT molecular complexity index is 549. The van der Waals surface area contributed by atoms with E-state index in [-0.39, 0.29) is 22.8 Å². The van der Waals surface area contributed by atoms with Crippen LogP contribution >= 0.6 is 0 Å². The third kappa shape index (κ3) is 3.13. The van der Waals surface area contributed by atoms with E-state index in [0.717, 1.165) is 12.8 Å². The van der Waals surface area contributed by atoms with Crippen LogP contribution in [-0.2, 0) is 13.6 Å². The van der Waals surface area contributed by atoms with Gasteiger partial charge >= 0.3 is 0 Å². The van der Waals surface area contributed by atoms with E-state index in [1.807, 2.05) is 27.7 Å². The second kappa shape index (κ2) is 5.60. The van der Waals surface area contributed by atoms with E-state index in [1.54, 1.807) is 7.05 Å². The molecule has 1 amide bonds. The summed E-state index contributed by atoms with van der Waals surface area (Å²) in [4.78, 5) is 11.4. The molecule has 1 aliphatic rings. The van der Waals surface area contributed by atoms with Gasteiger partial charge in [0, 0.05) is 17.1 Å². The fraction of sp³-hybridized carbons (Fsp3) is 0.786. The fourth-order valence-electron chi connectivity index (χ4n) is 3.45. The van der Waals surface area contributed by atoms with Crippen LogP contribution < -0.4 is 15.8 Å². The quantitative estimate of drug-likeness (QED) is 0.680. The molecule has 0 aliphatic carbocycles. The van der Waals surface area contributed by atoms with Crippen molar-refractivity contribution in [2.45, 2.75) is 64.2 Å². The molecule has 1 aliphatic heterocycles. The van der Waals surface area contributed by atoms with Crippen molar-refractivity contribution >= 4 is 5.91 Å². The summed E-state index contributed by atoms with van der Waals surface area (Å²) in [7, 11) is 1.59. The molecule has 4 N–H and O–H groups in total. The Morgan fingerprint density at radius 3 is 2.50 bits per heavy atom. The molecule has 0 unspecified atom stereocenters. The number of rotatable bonds is 4. The van der Waals surface area contributed by atoms with Crippen LogP contribution in [0.5, 0.6) is 0 Å². The Morgan fingerprint density at radius 2 is 2.00 bits per heavy atom. The molecule has 124 valence electrons.